The smallest absolute Gasteiger partial charge is 0.341 e. The van der Waals surface area contributed by atoms with E-state index in [1.54, 1.807) is 18.9 Å². The molecule has 1 heterocycles. The molecule has 0 aliphatic heterocycles. The zero-order valence-electron chi connectivity index (χ0n) is 19.9. The first-order valence-corrected chi connectivity index (χ1v) is 12.5. The van der Waals surface area contributed by atoms with Gasteiger partial charge in [0.15, 0.2) is 0 Å². The molecule has 1 aliphatic rings. The van der Waals surface area contributed by atoms with Crippen LogP contribution < -0.4 is 10.6 Å². The summed E-state index contributed by atoms with van der Waals surface area (Å²) in [5.41, 5.74) is 3.03. The van der Waals surface area contributed by atoms with Gasteiger partial charge in [0.25, 0.3) is 0 Å². The van der Waals surface area contributed by atoms with Crippen LogP contribution in [0.15, 0.2) is 29.6 Å². The van der Waals surface area contributed by atoms with Crippen LogP contribution in [0.25, 0.3) is 11.1 Å². The second-order valence-corrected chi connectivity index (χ2v) is 9.61. The fourth-order valence-corrected chi connectivity index (χ4v) is 4.98. The normalized spacial score (nSPS) is 17.9. The monoisotopic (exact) mass is 487 g/mol. The molecule has 2 amide bonds. The van der Waals surface area contributed by atoms with E-state index in [2.05, 4.69) is 10.6 Å². The average molecular weight is 488 g/mol. The maximum atomic E-state index is 12.7. The molecule has 3 N–H and O–H groups in total. The van der Waals surface area contributed by atoms with Gasteiger partial charge in [0.2, 0.25) is 11.8 Å². The Morgan fingerprint density at radius 3 is 2.38 bits per heavy atom. The van der Waals surface area contributed by atoms with Crippen LogP contribution in [0, 0.1) is 6.92 Å². The lowest BCUT2D eigenvalue weighted by Gasteiger charge is -2.27. The molecule has 0 bridgehead atoms. The van der Waals surface area contributed by atoms with Crippen molar-refractivity contribution in [2.45, 2.75) is 51.7 Å². The van der Waals surface area contributed by atoms with Gasteiger partial charge in [-0.1, -0.05) is 29.8 Å². The summed E-state index contributed by atoms with van der Waals surface area (Å²) in [6, 6.07) is 7.87. The van der Waals surface area contributed by atoms with E-state index < -0.39 is 5.97 Å². The lowest BCUT2D eigenvalue weighted by atomic mass is 9.93. The summed E-state index contributed by atoms with van der Waals surface area (Å²) in [4.78, 5) is 39.4. The molecule has 2 aromatic rings. The van der Waals surface area contributed by atoms with E-state index in [1.807, 2.05) is 36.6 Å². The van der Waals surface area contributed by atoms with E-state index in [0.29, 0.717) is 29.0 Å². The van der Waals surface area contributed by atoms with Crippen molar-refractivity contribution < 1.29 is 24.2 Å². The van der Waals surface area contributed by atoms with Crippen molar-refractivity contribution in [3.05, 3.63) is 40.8 Å². The maximum Gasteiger partial charge on any atom is 0.341 e. The Bertz CT molecular complexity index is 996. The van der Waals surface area contributed by atoms with Crippen LogP contribution in [0.2, 0.25) is 0 Å². The van der Waals surface area contributed by atoms with Gasteiger partial charge < -0.3 is 20.5 Å². The number of ether oxygens (including phenoxy) is 1. The molecule has 0 atom stereocenters. The zero-order chi connectivity index (χ0) is 24.7. The second-order valence-electron chi connectivity index (χ2n) is 8.73. The fourth-order valence-electron chi connectivity index (χ4n) is 4.01. The third-order valence-electron chi connectivity index (χ3n) is 5.77. The van der Waals surface area contributed by atoms with E-state index in [-0.39, 0.29) is 43.7 Å². The quantitative estimate of drug-likeness (QED) is 0.469. The Labute approximate surface area is 204 Å². The first-order chi connectivity index (χ1) is 16.3. The SMILES string of the molecule is CCOC(=O)c1c(-c2ccc(C)cc2)csc1NC(=O)CN(C)CC(=O)NC1CCC(O)CC1. The third kappa shape index (κ3) is 7.12. The summed E-state index contributed by atoms with van der Waals surface area (Å²) < 4.78 is 5.24. The minimum Gasteiger partial charge on any atom is -0.462 e. The molecule has 1 aromatic heterocycles. The number of hydrogen-bond acceptors (Lipinski definition) is 7. The van der Waals surface area contributed by atoms with Crippen LogP contribution in [-0.4, -0.2) is 66.7 Å². The molecule has 3 rings (SSSR count). The molecule has 0 saturated heterocycles. The van der Waals surface area contributed by atoms with Crippen molar-refractivity contribution in [2.75, 3.05) is 32.1 Å². The standard InChI is InChI=1S/C25H33N3O5S/c1-4-33-25(32)23-20(17-7-5-16(2)6-8-17)15-34-24(23)27-22(31)14-28(3)13-21(30)26-18-9-11-19(29)12-10-18/h5-8,15,18-19,29H,4,9-14H2,1-3H3,(H,26,30)(H,27,31). The number of likely N-dealkylation sites (N-methyl/N-ethyl adjacent to an activating group) is 1. The molecule has 1 aromatic carbocycles. The molecule has 0 spiro atoms. The molecule has 34 heavy (non-hydrogen) atoms. The number of aryl methyl sites for hydroxylation is 1. The summed E-state index contributed by atoms with van der Waals surface area (Å²) in [7, 11) is 1.70. The lowest BCUT2D eigenvalue weighted by Crippen LogP contribution is -2.44. The number of carbonyl (C=O) groups excluding carboxylic acids is 3. The number of nitrogens with zero attached hydrogens (tertiary/aromatic N) is 1. The molecular formula is C25H33N3O5S. The van der Waals surface area contributed by atoms with Gasteiger partial charge in [0.05, 0.1) is 25.8 Å². The number of carbonyl (C=O) groups is 3. The van der Waals surface area contributed by atoms with Crippen molar-refractivity contribution in [3.63, 3.8) is 0 Å². The second kappa shape index (κ2) is 12.1. The van der Waals surface area contributed by atoms with Gasteiger partial charge >= 0.3 is 5.97 Å². The number of anilines is 1. The minimum atomic E-state index is -0.486. The van der Waals surface area contributed by atoms with Gasteiger partial charge in [-0.3, -0.25) is 14.5 Å². The molecule has 9 heteroatoms. The van der Waals surface area contributed by atoms with Gasteiger partial charge in [0, 0.05) is 17.0 Å². The summed E-state index contributed by atoms with van der Waals surface area (Å²) >= 11 is 1.27. The maximum absolute atomic E-state index is 12.7. The predicted octanol–water partition coefficient (Wildman–Crippen LogP) is 3.19. The van der Waals surface area contributed by atoms with Crippen molar-refractivity contribution in [1.29, 1.82) is 0 Å². The van der Waals surface area contributed by atoms with Crippen molar-refractivity contribution in [1.82, 2.24) is 10.2 Å². The van der Waals surface area contributed by atoms with Crippen LogP contribution >= 0.6 is 11.3 Å². The number of benzene rings is 1. The van der Waals surface area contributed by atoms with Crippen LogP contribution in [0.3, 0.4) is 0 Å². The van der Waals surface area contributed by atoms with Gasteiger partial charge in [-0.25, -0.2) is 4.79 Å². The molecular weight excluding hydrogens is 454 g/mol. The van der Waals surface area contributed by atoms with Crippen molar-refractivity contribution in [2.24, 2.45) is 0 Å². The highest BCUT2D eigenvalue weighted by molar-refractivity contribution is 7.15. The summed E-state index contributed by atoms with van der Waals surface area (Å²) in [5.74, 6) is -0.958. The van der Waals surface area contributed by atoms with Gasteiger partial charge in [-0.2, -0.15) is 0 Å². The number of esters is 1. The largest absolute Gasteiger partial charge is 0.462 e. The number of thiophene rings is 1. The summed E-state index contributed by atoms with van der Waals surface area (Å²) in [5, 5.41) is 17.7. The van der Waals surface area contributed by atoms with Crippen LogP contribution in [-0.2, 0) is 14.3 Å². The number of nitrogens with one attached hydrogen (secondary N) is 2. The number of aliphatic hydroxyl groups excluding tert-OH is 1. The summed E-state index contributed by atoms with van der Waals surface area (Å²) in [6.45, 7) is 4.04. The van der Waals surface area contributed by atoms with E-state index in [0.717, 1.165) is 24.0 Å². The molecule has 1 fully saturated rings. The molecule has 1 aliphatic carbocycles. The highest BCUT2D eigenvalue weighted by Gasteiger charge is 2.24. The van der Waals surface area contributed by atoms with Crippen molar-refractivity contribution in [3.8, 4) is 11.1 Å². The molecule has 0 unspecified atom stereocenters. The highest BCUT2D eigenvalue weighted by atomic mass is 32.1. The molecule has 8 nitrogen and oxygen atoms in total. The average Bonchev–Trinajstić information content (AvgIpc) is 3.19. The molecule has 184 valence electrons. The third-order valence-corrected chi connectivity index (χ3v) is 6.67. The Kier molecular flexibility index (Phi) is 9.20. The first-order valence-electron chi connectivity index (χ1n) is 11.6. The first kappa shape index (κ1) is 25.9. The van der Waals surface area contributed by atoms with Crippen LogP contribution in [0.1, 0.15) is 48.5 Å². The van der Waals surface area contributed by atoms with Crippen LogP contribution in [0.5, 0.6) is 0 Å². The number of amides is 2. The van der Waals surface area contributed by atoms with Crippen LogP contribution in [0.4, 0.5) is 5.00 Å². The zero-order valence-corrected chi connectivity index (χ0v) is 20.7. The minimum absolute atomic E-state index is 0.00314. The number of hydrogen-bond donors (Lipinski definition) is 3. The van der Waals surface area contributed by atoms with Crippen molar-refractivity contribution >= 4 is 34.1 Å². The van der Waals surface area contributed by atoms with E-state index in [1.165, 1.54) is 11.3 Å². The lowest BCUT2D eigenvalue weighted by molar-refractivity contribution is -0.123. The Morgan fingerprint density at radius 2 is 1.74 bits per heavy atom. The Morgan fingerprint density at radius 1 is 1.09 bits per heavy atom. The van der Waals surface area contributed by atoms with Gasteiger partial charge in [0.1, 0.15) is 10.6 Å². The van der Waals surface area contributed by atoms with E-state index in [9.17, 15) is 19.5 Å². The van der Waals surface area contributed by atoms with E-state index in [4.69, 9.17) is 4.74 Å². The topological polar surface area (TPSA) is 108 Å². The number of rotatable bonds is 9. The van der Waals surface area contributed by atoms with E-state index >= 15 is 0 Å². The van der Waals surface area contributed by atoms with Gasteiger partial charge in [-0.15, -0.1) is 11.3 Å². The highest BCUT2D eigenvalue weighted by Crippen LogP contribution is 2.36. The number of aliphatic hydroxyl groups is 1. The Balaban J connectivity index is 1.61. The molecule has 0 radical (unpaired) electrons. The Hall–Kier alpha value is -2.75. The van der Waals surface area contributed by atoms with Gasteiger partial charge in [-0.05, 0) is 52.1 Å². The summed E-state index contributed by atoms with van der Waals surface area (Å²) in [6.07, 6.45) is 2.63. The molecule has 1 saturated carbocycles. The fraction of sp³-hybridized carbons (Fsp3) is 0.480. The predicted molar refractivity (Wildman–Crippen MR) is 133 cm³/mol.